The van der Waals surface area contributed by atoms with Crippen LogP contribution < -0.4 is 5.43 Å². The molecule has 132 valence electrons. The van der Waals surface area contributed by atoms with Crippen molar-refractivity contribution in [2.24, 2.45) is 5.10 Å². The molecule has 3 aromatic carbocycles. The molecule has 2 N–H and O–H groups in total. The summed E-state index contributed by atoms with van der Waals surface area (Å²) < 4.78 is 0. The van der Waals surface area contributed by atoms with Crippen molar-refractivity contribution in [3.63, 3.8) is 0 Å². The van der Waals surface area contributed by atoms with Gasteiger partial charge in [0.25, 0.3) is 5.91 Å². The van der Waals surface area contributed by atoms with E-state index in [1.165, 1.54) is 5.39 Å². The molecule has 0 aliphatic carbocycles. The average Bonchev–Trinajstić information content (AvgIpc) is 3.18. The molecule has 1 amide bonds. The molecule has 0 unspecified atom stereocenters. The second-order valence-corrected chi connectivity index (χ2v) is 6.34. The maximum Gasteiger partial charge on any atom is 0.289 e. The van der Waals surface area contributed by atoms with Crippen LogP contribution in [0.25, 0.3) is 22.0 Å². The van der Waals surface area contributed by atoms with Gasteiger partial charge < -0.3 is 0 Å². The number of H-pyrrole nitrogens is 1. The third-order valence-corrected chi connectivity index (χ3v) is 4.29. The van der Waals surface area contributed by atoms with E-state index < -0.39 is 0 Å². The first-order chi connectivity index (χ1) is 13.2. The predicted molar refractivity (Wildman–Crippen MR) is 108 cm³/mol. The molecule has 5 heteroatoms. The second kappa shape index (κ2) is 7.25. The minimum atomic E-state index is -0.335. The number of nitrogens with one attached hydrogen (secondary N) is 2. The third-order valence-electron chi connectivity index (χ3n) is 4.29. The fraction of sp³-hybridized carbons (Fsp3) is 0.0455. The van der Waals surface area contributed by atoms with Gasteiger partial charge in [0.15, 0.2) is 0 Å². The number of carbonyl (C=O) groups is 1. The largest absolute Gasteiger partial charge is 0.289 e. The number of amides is 1. The zero-order valence-electron chi connectivity index (χ0n) is 14.8. The van der Waals surface area contributed by atoms with Crippen molar-refractivity contribution in [3.05, 3.63) is 89.6 Å². The van der Waals surface area contributed by atoms with E-state index in [9.17, 15) is 4.79 Å². The quantitative estimate of drug-likeness (QED) is 0.424. The fourth-order valence-corrected chi connectivity index (χ4v) is 2.91. The van der Waals surface area contributed by atoms with Crippen LogP contribution in [0.3, 0.4) is 0 Å². The highest BCUT2D eigenvalue weighted by Crippen LogP contribution is 2.23. The van der Waals surface area contributed by atoms with Gasteiger partial charge in [-0.2, -0.15) is 10.2 Å². The van der Waals surface area contributed by atoms with Gasteiger partial charge in [-0.15, -0.1) is 0 Å². The molecule has 1 aromatic heterocycles. The second-order valence-electron chi connectivity index (χ2n) is 6.34. The van der Waals surface area contributed by atoms with Crippen LogP contribution in [0.5, 0.6) is 0 Å². The van der Waals surface area contributed by atoms with Crippen molar-refractivity contribution >= 4 is 22.9 Å². The molecule has 0 saturated carbocycles. The summed E-state index contributed by atoms with van der Waals surface area (Å²) in [5, 5.41) is 13.3. The molecule has 0 aliphatic rings. The van der Waals surface area contributed by atoms with Gasteiger partial charge in [0.2, 0.25) is 0 Å². The van der Waals surface area contributed by atoms with Gasteiger partial charge in [0.1, 0.15) is 5.69 Å². The minimum absolute atomic E-state index is 0.335. The Kier molecular flexibility index (Phi) is 4.49. The Morgan fingerprint density at radius 2 is 1.85 bits per heavy atom. The highest BCUT2D eigenvalue weighted by Gasteiger charge is 2.10. The number of hydrazone groups is 1. The normalized spacial score (nSPS) is 11.1. The topological polar surface area (TPSA) is 70.1 Å². The standard InChI is InChI=1S/C22H18N4O/c1-15-5-4-6-16(11-15)14-23-26-22(27)21-13-20(24-25-21)19-10-9-17-7-2-3-8-18(17)12-19/h2-14H,1H3,(H,24,25)(H,26,27)/b23-14+. The van der Waals surface area contributed by atoms with E-state index in [1.54, 1.807) is 12.3 Å². The van der Waals surface area contributed by atoms with Crippen LogP contribution >= 0.6 is 0 Å². The molecule has 5 nitrogen and oxygen atoms in total. The molecule has 0 radical (unpaired) electrons. The van der Waals surface area contributed by atoms with Gasteiger partial charge in [-0.25, -0.2) is 5.43 Å². The Balaban J connectivity index is 1.48. The number of nitrogens with zero attached hydrogens (tertiary/aromatic N) is 2. The Labute approximate surface area is 156 Å². The lowest BCUT2D eigenvalue weighted by Gasteiger charge is -2.00. The summed E-state index contributed by atoms with van der Waals surface area (Å²) in [6.07, 6.45) is 1.62. The van der Waals surface area contributed by atoms with Gasteiger partial charge in [0.05, 0.1) is 11.9 Å². The molecule has 0 aliphatic heterocycles. The average molecular weight is 354 g/mol. The number of aryl methyl sites for hydroxylation is 1. The molecule has 0 bridgehead atoms. The number of hydrogen-bond acceptors (Lipinski definition) is 3. The van der Waals surface area contributed by atoms with Gasteiger partial charge in [-0.05, 0) is 35.4 Å². The van der Waals surface area contributed by atoms with Gasteiger partial charge in [-0.3, -0.25) is 9.89 Å². The van der Waals surface area contributed by atoms with Crippen LogP contribution in [0.15, 0.2) is 77.9 Å². The Morgan fingerprint density at radius 1 is 1.00 bits per heavy atom. The van der Waals surface area contributed by atoms with Crippen LogP contribution in [0.4, 0.5) is 0 Å². The monoisotopic (exact) mass is 354 g/mol. The Hall–Kier alpha value is -3.73. The van der Waals surface area contributed by atoms with Crippen molar-refractivity contribution in [1.82, 2.24) is 15.6 Å². The van der Waals surface area contributed by atoms with Crippen molar-refractivity contribution in [1.29, 1.82) is 0 Å². The molecular formula is C22H18N4O. The molecule has 0 atom stereocenters. The van der Waals surface area contributed by atoms with Crippen molar-refractivity contribution in [3.8, 4) is 11.3 Å². The van der Waals surface area contributed by atoms with Crippen LogP contribution in [0, 0.1) is 6.92 Å². The maximum atomic E-state index is 12.3. The van der Waals surface area contributed by atoms with Crippen molar-refractivity contribution < 1.29 is 4.79 Å². The van der Waals surface area contributed by atoms with E-state index in [0.29, 0.717) is 11.4 Å². The van der Waals surface area contributed by atoms with E-state index in [2.05, 4.69) is 38.9 Å². The predicted octanol–water partition coefficient (Wildman–Crippen LogP) is 4.30. The first-order valence-electron chi connectivity index (χ1n) is 8.64. The highest BCUT2D eigenvalue weighted by atomic mass is 16.2. The first-order valence-corrected chi connectivity index (χ1v) is 8.64. The molecule has 1 heterocycles. The summed E-state index contributed by atoms with van der Waals surface area (Å²) in [6, 6.07) is 23.8. The lowest BCUT2D eigenvalue weighted by atomic mass is 10.1. The number of aromatic amines is 1. The summed E-state index contributed by atoms with van der Waals surface area (Å²) in [5.74, 6) is -0.335. The minimum Gasteiger partial charge on any atom is -0.272 e. The molecule has 4 rings (SSSR count). The van der Waals surface area contributed by atoms with E-state index in [1.807, 2.05) is 55.5 Å². The Bertz CT molecular complexity index is 1140. The van der Waals surface area contributed by atoms with Crippen molar-refractivity contribution in [2.45, 2.75) is 6.92 Å². The Morgan fingerprint density at radius 3 is 2.70 bits per heavy atom. The maximum absolute atomic E-state index is 12.3. The number of fused-ring (bicyclic) bond motifs is 1. The number of benzene rings is 3. The summed E-state index contributed by atoms with van der Waals surface area (Å²) >= 11 is 0. The number of hydrogen-bond donors (Lipinski definition) is 2. The smallest absolute Gasteiger partial charge is 0.272 e. The van der Waals surface area contributed by atoms with Crippen LogP contribution in [-0.4, -0.2) is 22.3 Å². The van der Waals surface area contributed by atoms with E-state index in [4.69, 9.17) is 0 Å². The number of rotatable bonds is 4. The molecule has 0 fully saturated rings. The molecular weight excluding hydrogens is 336 g/mol. The lowest BCUT2D eigenvalue weighted by Crippen LogP contribution is -2.18. The van der Waals surface area contributed by atoms with E-state index in [0.717, 1.165) is 22.1 Å². The molecule has 0 saturated heterocycles. The zero-order valence-corrected chi connectivity index (χ0v) is 14.8. The molecule has 0 spiro atoms. The fourth-order valence-electron chi connectivity index (χ4n) is 2.91. The summed E-state index contributed by atoms with van der Waals surface area (Å²) in [7, 11) is 0. The van der Waals surface area contributed by atoms with Crippen molar-refractivity contribution in [2.75, 3.05) is 0 Å². The first kappa shape index (κ1) is 16.7. The summed E-state index contributed by atoms with van der Waals surface area (Å²) in [5.41, 5.74) is 6.61. The zero-order chi connectivity index (χ0) is 18.6. The number of carbonyl (C=O) groups excluding carboxylic acids is 1. The van der Waals surface area contributed by atoms with Gasteiger partial charge in [0, 0.05) is 5.56 Å². The summed E-state index contributed by atoms with van der Waals surface area (Å²) in [6.45, 7) is 2.01. The van der Waals surface area contributed by atoms with E-state index >= 15 is 0 Å². The lowest BCUT2D eigenvalue weighted by molar-refractivity contribution is 0.0950. The van der Waals surface area contributed by atoms with Gasteiger partial charge in [-0.1, -0.05) is 66.2 Å². The van der Waals surface area contributed by atoms with Crippen LogP contribution in [-0.2, 0) is 0 Å². The summed E-state index contributed by atoms with van der Waals surface area (Å²) in [4.78, 5) is 12.3. The van der Waals surface area contributed by atoms with E-state index in [-0.39, 0.29) is 5.91 Å². The van der Waals surface area contributed by atoms with Crippen LogP contribution in [0.2, 0.25) is 0 Å². The third kappa shape index (κ3) is 3.77. The molecule has 4 aromatic rings. The molecule has 27 heavy (non-hydrogen) atoms. The SMILES string of the molecule is Cc1cccc(/C=N/NC(=O)c2cc(-c3ccc4ccccc4c3)n[nH]2)c1. The van der Waals surface area contributed by atoms with Crippen LogP contribution in [0.1, 0.15) is 21.6 Å². The van der Waals surface area contributed by atoms with Gasteiger partial charge >= 0.3 is 0 Å². The number of aromatic nitrogens is 2. The highest BCUT2D eigenvalue weighted by molar-refractivity contribution is 5.94.